The molecule has 0 spiro atoms. The minimum absolute atomic E-state index is 0.0488. The first-order valence-electron chi connectivity index (χ1n) is 5.36. The molecule has 3 nitrogen and oxygen atoms in total. The second kappa shape index (κ2) is 4.59. The van der Waals surface area contributed by atoms with Crippen molar-refractivity contribution in [2.24, 2.45) is 4.99 Å². The molecule has 0 heterocycles. The Bertz CT molecular complexity index is 492. The van der Waals surface area contributed by atoms with Gasteiger partial charge in [0.05, 0.1) is 4.47 Å². The van der Waals surface area contributed by atoms with E-state index in [9.17, 15) is 14.3 Å². The number of carbonyl (C=O) groups excluding carboxylic acids is 1. The molecule has 0 amide bonds. The van der Waals surface area contributed by atoms with Gasteiger partial charge in [0.2, 0.25) is 6.08 Å². The molecule has 5 heteroatoms. The van der Waals surface area contributed by atoms with E-state index in [0.717, 1.165) is 12.8 Å². The maximum atomic E-state index is 13.4. The van der Waals surface area contributed by atoms with Crippen LogP contribution in [-0.4, -0.2) is 11.2 Å². The van der Waals surface area contributed by atoms with E-state index in [1.165, 1.54) is 12.1 Å². The smallest absolute Gasteiger partial charge is 0.235 e. The van der Waals surface area contributed by atoms with Crippen LogP contribution >= 0.6 is 15.9 Å². The van der Waals surface area contributed by atoms with Crippen molar-refractivity contribution >= 4 is 22.0 Å². The minimum Gasteiger partial charge on any atom is -0.506 e. The molecule has 0 unspecified atom stereocenters. The number of aliphatic imine (C=N–C) groups is 1. The van der Waals surface area contributed by atoms with Gasteiger partial charge in [-0.15, -0.1) is 0 Å². The Morgan fingerprint density at radius 1 is 1.41 bits per heavy atom. The highest BCUT2D eigenvalue weighted by molar-refractivity contribution is 9.10. The zero-order valence-corrected chi connectivity index (χ0v) is 10.6. The second-order valence-electron chi connectivity index (χ2n) is 4.23. The molecule has 2 rings (SSSR count). The van der Waals surface area contributed by atoms with Gasteiger partial charge in [-0.25, -0.2) is 9.18 Å². The van der Waals surface area contributed by atoms with Crippen molar-refractivity contribution in [1.29, 1.82) is 0 Å². The fourth-order valence-corrected chi connectivity index (χ4v) is 2.84. The third kappa shape index (κ3) is 2.13. The van der Waals surface area contributed by atoms with Crippen LogP contribution in [-0.2, 0) is 10.3 Å². The summed E-state index contributed by atoms with van der Waals surface area (Å²) >= 11 is 3.09. The Hall–Kier alpha value is -1.19. The average molecular weight is 300 g/mol. The first kappa shape index (κ1) is 12.3. The van der Waals surface area contributed by atoms with Gasteiger partial charge in [-0.05, 0) is 40.9 Å². The normalized spacial score (nSPS) is 17.8. The number of benzene rings is 1. The zero-order chi connectivity index (χ0) is 12.5. The highest BCUT2D eigenvalue weighted by Gasteiger charge is 2.38. The fraction of sp³-hybridized carbons (Fsp3) is 0.417. The Morgan fingerprint density at radius 2 is 2.06 bits per heavy atom. The fourth-order valence-electron chi connectivity index (χ4n) is 2.41. The first-order valence-corrected chi connectivity index (χ1v) is 6.16. The van der Waals surface area contributed by atoms with Gasteiger partial charge in [-0.3, -0.25) is 0 Å². The lowest BCUT2D eigenvalue weighted by molar-refractivity contribution is 0.403. The summed E-state index contributed by atoms with van der Waals surface area (Å²) in [6, 6.07) is 2.43. The summed E-state index contributed by atoms with van der Waals surface area (Å²) < 4.78 is 13.7. The maximum absolute atomic E-state index is 13.4. The number of hydrogen-bond donors (Lipinski definition) is 1. The van der Waals surface area contributed by atoms with Gasteiger partial charge >= 0.3 is 0 Å². The summed E-state index contributed by atoms with van der Waals surface area (Å²) in [5, 5.41) is 9.97. The van der Waals surface area contributed by atoms with E-state index in [1.54, 1.807) is 6.08 Å². The number of halogens is 2. The summed E-state index contributed by atoms with van der Waals surface area (Å²) in [5.41, 5.74) is -0.443. The largest absolute Gasteiger partial charge is 0.506 e. The lowest BCUT2D eigenvalue weighted by Crippen LogP contribution is -2.19. The lowest BCUT2D eigenvalue weighted by atomic mass is 9.88. The van der Waals surface area contributed by atoms with Crippen LogP contribution in [0.15, 0.2) is 21.6 Å². The third-order valence-electron chi connectivity index (χ3n) is 3.22. The Balaban J connectivity index is 2.61. The van der Waals surface area contributed by atoms with E-state index < -0.39 is 11.4 Å². The van der Waals surface area contributed by atoms with Gasteiger partial charge in [0.25, 0.3) is 0 Å². The molecule has 1 saturated carbocycles. The third-order valence-corrected chi connectivity index (χ3v) is 3.82. The molecule has 1 aliphatic rings. The SMILES string of the molecule is O=C=NC1(c2cc(F)cc(Br)c2O)CCCC1. The van der Waals surface area contributed by atoms with Crippen molar-refractivity contribution in [3.63, 3.8) is 0 Å². The summed E-state index contributed by atoms with van der Waals surface area (Å²) in [4.78, 5) is 14.4. The molecule has 0 bridgehead atoms. The topological polar surface area (TPSA) is 49.7 Å². The molecule has 0 saturated heterocycles. The molecule has 1 aromatic carbocycles. The number of phenols is 1. The van der Waals surface area contributed by atoms with Crippen LogP contribution < -0.4 is 0 Å². The van der Waals surface area contributed by atoms with Gasteiger partial charge in [0.1, 0.15) is 17.1 Å². The quantitative estimate of drug-likeness (QED) is 0.672. The van der Waals surface area contributed by atoms with Gasteiger partial charge < -0.3 is 5.11 Å². The summed E-state index contributed by atoms with van der Waals surface area (Å²) in [7, 11) is 0. The summed E-state index contributed by atoms with van der Waals surface area (Å²) in [6.45, 7) is 0. The molecule has 0 aromatic heterocycles. The van der Waals surface area contributed by atoms with Crippen molar-refractivity contribution in [2.45, 2.75) is 31.2 Å². The van der Waals surface area contributed by atoms with Gasteiger partial charge in [-0.1, -0.05) is 12.8 Å². The predicted molar refractivity (Wildman–Crippen MR) is 64.0 cm³/mol. The van der Waals surface area contributed by atoms with E-state index in [0.29, 0.717) is 18.4 Å². The van der Waals surface area contributed by atoms with Crippen LogP contribution in [0.1, 0.15) is 31.2 Å². The van der Waals surface area contributed by atoms with Gasteiger partial charge in [0, 0.05) is 5.56 Å². The van der Waals surface area contributed by atoms with Crippen LogP contribution in [0.3, 0.4) is 0 Å². The van der Waals surface area contributed by atoms with Crippen molar-refractivity contribution in [2.75, 3.05) is 0 Å². The molecule has 1 aromatic rings. The average Bonchev–Trinajstić information content (AvgIpc) is 2.73. The van der Waals surface area contributed by atoms with E-state index >= 15 is 0 Å². The highest BCUT2D eigenvalue weighted by Crippen LogP contribution is 2.47. The Kier molecular flexibility index (Phi) is 3.31. The Morgan fingerprint density at radius 3 is 2.65 bits per heavy atom. The highest BCUT2D eigenvalue weighted by atomic mass is 79.9. The standard InChI is InChI=1S/C12H11BrFNO2/c13-10-6-8(14)5-9(11(10)17)12(15-7-16)3-1-2-4-12/h5-6,17H,1-4H2. The maximum Gasteiger partial charge on any atom is 0.235 e. The van der Waals surface area contributed by atoms with Crippen LogP contribution in [0.2, 0.25) is 0 Å². The van der Waals surface area contributed by atoms with Crippen molar-refractivity contribution in [1.82, 2.24) is 0 Å². The molecule has 1 fully saturated rings. The molecule has 0 atom stereocenters. The number of phenolic OH excluding ortho intramolecular Hbond substituents is 1. The van der Waals surface area contributed by atoms with Crippen molar-refractivity contribution in [3.05, 3.63) is 28.0 Å². The number of rotatable bonds is 2. The van der Waals surface area contributed by atoms with Crippen molar-refractivity contribution < 1.29 is 14.3 Å². The van der Waals surface area contributed by atoms with E-state index in [1.807, 2.05) is 0 Å². The predicted octanol–water partition coefficient (Wildman–Crippen LogP) is 3.40. The number of nitrogens with zero attached hydrogens (tertiary/aromatic N) is 1. The first-order chi connectivity index (χ1) is 8.09. The Labute approximate surface area is 106 Å². The lowest BCUT2D eigenvalue weighted by Gasteiger charge is -2.24. The summed E-state index contributed by atoms with van der Waals surface area (Å²) in [5.74, 6) is -0.510. The van der Waals surface area contributed by atoms with Crippen molar-refractivity contribution in [3.8, 4) is 5.75 Å². The molecule has 1 N–H and O–H groups in total. The number of isocyanates is 1. The van der Waals surface area contributed by atoms with Crippen LogP contribution in [0.25, 0.3) is 0 Å². The molecule has 0 aliphatic heterocycles. The minimum atomic E-state index is -0.809. The monoisotopic (exact) mass is 299 g/mol. The van der Waals surface area contributed by atoms with Gasteiger partial charge in [-0.2, -0.15) is 4.99 Å². The van der Waals surface area contributed by atoms with E-state index in [4.69, 9.17) is 0 Å². The second-order valence-corrected chi connectivity index (χ2v) is 5.08. The molecular formula is C12H11BrFNO2. The zero-order valence-electron chi connectivity index (χ0n) is 9.04. The number of hydrogen-bond acceptors (Lipinski definition) is 3. The van der Waals surface area contributed by atoms with E-state index in [-0.39, 0.29) is 10.2 Å². The molecule has 90 valence electrons. The molecular weight excluding hydrogens is 289 g/mol. The van der Waals surface area contributed by atoms with Crippen LogP contribution in [0, 0.1) is 5.82 Å². The molecule has 17 heavy (non-hydrogen) atoms. The molecule has 0 radical (unpaired) electrons. The molecule has 1 aliphatic carbocycles. The van der Waals surface area contributed by atoms with E-state index in [2.05, 4.69) is 20.9 Å². The van der Waals surface area contributed by atoms with Gasteiger partial charge in [0.15, 0.2) is 0 Å². The van der Waals surface area contributed by atoms with Crippen LogP contribution in [0.4, 0.5) is 4.39 Å². The summed E-state index contributed by atoms with van der Waals surface area (Å²) in [6.07, 6.45) is 4.61. The van der Waals surface area contributed by atoms with Crippen LogP contribution in [0.5, 0.6) is 5.75 Å². The number of aromatic hydroxyl groups is 1.